The highest BCUT2D eigenvalue weighted by molar-refractivity contribution is 5.21. The Kier molecular flexibility index (Phi) is 7.68. The highest BCUT2D eigenvalue weighted by Gasteiger charge is 2.17. The van der Waals surface area contributed by atoms with Crippen LogP contribution in [0.4, 0.5) is 4.39 Å². The lowest BCUT2D eigenvalue weighted by molar-refractivity contribution is 0.252. The van der Waals surface area contributed by atoms with E-state index in [4.69, 9.17) is 0 Å². The minimum absolute atomic E-state index is 0.0765. The monoisotopic (exact) mass is 266 g/mol. The van der Waals surface area contributed by atoms with E-state index in [1.54, 1.807) is 12.1 Å². The van der Waals surface area contributed by atoms with E-state index in [9.17, 15) is 4.39 Å². The third-order valence-corrected chi connectivity index (χ3v) is 3.35. The number of halogens is 1. The molecule has 1 aromatic carbocycles. The van der Waals surface area contributed by atoms with Crippen molar-refractivity contribution in [2.75, 3.05) is 26.2 Å². The van der Waals surface area contributed by atoms with Crippen molar-refractivity contribution in [3.63, 3.8) is 0 Å². The second kappa shape index (κ2) is 9.05. The van der Waals surface area contributed by atoms with Gasteiger partial charge in [-0.1, -0.05) is 39.0 Å². The van der Waals surface area contributed by atoms with E-state index >= 15 is 0 Å². The number of nitrogens with zero attached hydrogens (tertiary/aromatic N) is 1. The first kappa shape index (κ1) is 16.1. The van der Waals surface area contributed by atoms with E-state index in [1.165, 1.54) is 0 Å². The number of likely N-dealkylation sites (N-methyl/N-ethyl adjacent to an activating group) is 1. The second-order valence-corrected chi connectivity index (χ2v) is 4.92. The van der Waals surface area contributed by atoms with Gasteiger partial charge in [0.2, 0.25) is 0 Å². The summed E-state index contributed by atoms with van der Waals surface area (Å²) in [6.07, 6.45) is 2.19. The zero-order valence-electron chi connectivity index (χ0n) is 12.5. The Morgan fingerprint density at radius 1 is 1.16 bits per heavy atom. The molecule has 0 aromatic heterocycles. The van der Waals surface area contributed by atoms with E-state index in [0.717, 1.165) is 44.6 Å². The molecule has 1 aromatic rings. The summed E-state index contributed by atoms with van der Waals surface area (Å²) in [4.78, 5) is 2.37. The summed E-state index contributed by atoms with van der Waals surface area (Å²) in [5, 5.41) is 3.47. The van der Waals surface area contributed by atoms with Gasteiger partial charge >= 0.3 is 0 Å². The molecule has 0 heterocycles. The Morgan fingerprint density at radius 3 is 2.47 bits per heavy atom. The molecule has 0 radical (unpaired) electrons. The first-order valence-electron chi connectivity index (χ1n) is 7.43. The molecule has 0 aliphatic carbocycles. The molecule has 19 heavy (non-hydrogen) atoms. The van der Waals surface area contributed by atoms with E-state index in [1.807, 2.05) is 12.1 Å². The van der Waals surface area contributed by atoms with E-state index < -0.39 is 0 Å². The molecular weight excluding hydrogens is 239 g/mol. The van der Waals surface area contributed by atoms with E-state index in [-0.39, 0.29) is 11.9 Å². The predicted molar refractivity (Wildman–Crippen MR) is 79.8 cm³/mol. The SMILES string of the molecule is CCCNC(CN(CC)CCC)c1ccccc1F. The Bertz CT molecular complexity index is 354. The fourth-order valence-corrected chi connectivity index (χ4v) is 2.30. The Hall–Kier alpha value is -0.930. The maximum atomic E-state index is 13.9. The molecule has 2 nitrogen and oxygen atoms in total. The molecule has 0 aliphatic heterocycles. The minimum atomic E-state index is -0.108. The molecule has 0 aliphatic rings. The molecule has 1 atom stereocenters. The summed E-state index contributed by atoms with van der Waals surface area (Å²) in [5.74, 6) is -0.108. The molecule has 0 saturated carbocycles. The third-order valence-electron chi connectivity index (χ3n) is 3.35. The van der Waals surface area contributed by atoms with Gasteiger partial charge in [-0.3, -0.25) is 0 Å². The van der Waals surface area contributed by atoms with Crippen LogP contribution in [-0.4, -0.2) is 31.1 Å². The molecule has 0 amide bonds. The van der Waals surface area contributed by atoms with Crippen LogP contribution in [0.15, 0.2) is 24.3 Å². The lowest BCUT2D eigenvalue weighted by atomic mass is 10.1. The number of hydrogen-bond acceptors (Lipinski definition) is 2. The van der Waals surface area contributed by atoms with Crippen LogP contribution in [0.3, 0.4) is 0 Å². The topological polar surface area (TPSA) is 15.3 Å². The first-order chi connectivity index (χ1) is 9.22. The zero-order chi connectivity index (χ0) is 14.1. The van der Waals surface area contributed by atoms with Crippen LogP contribution >= 0.6 is 0 Å². The highest BCUT2D eigenvalue weighted by atomic mass is 19.1. The maximum absolute atomic E-state index is 13.9. The standard InChI is InChI=1S/C16H27FN2/c1-4-11-18-16(13-19(6-3)12-5-2)14-9-7-8-10-15(14)17/h7-10,16,18H,4-6,11-13H2,1-3H3. The van der Waals surface area contributed by atoms with E-state index in [2.05, 4.69) is 31.0 Å². The lowest BCUT2D eigenvalue weighted by Crippen LogP contribution is -2.36. The van der Waals surface area contributed by atoms with Gasteiger partial charge in [0.25, 0.3) is 0 Å². The van der Waals surface area contributed by atoms with Crippen molar-refractivity contribution in [1.29, 1.82) is 0 Å². The van der Waals surface area contributed by atoms with Gasteiger partial charge in [0, 0.05) is 18.2 Å². The lowest BCUT2D eigenvalue weighted by Gasteiger charge is -2.27. The third kappa shape index (κ3) is 5.29. The summed E-state index contributed by atoms with van der Waals surface area (Å²) in [5.41, 5.74) is 0.783. The molecule has 0 bridgehead atoms. The number of benzene rings is 1. The van der Waals surface area contributed by atoms with Gasteiger partial charge in [0.1, 0.15) is 5.82 Å². The molecule has 3 heteroatoms. The fourth-order valence-electron chi connectivity index (χ4n) is 2.30. The van der Waals surface area contributed by atoms with Crippen molar-refractivity contribution in [3.05, 3.63) is 35.6 Å². The minimum Gasteiger partial charge on any atom is -0.309 e. The van der Waals surface area contributed by atoms with Crippen molar-refractivity contribution in [1.82, 2.24) is 10.2 Å². The summed E-state index contributed by atoms with van der Waals surface area (Å²) >= 11 is 0. The molecule has 108 valence electrons. The van der Waals surface area contributed by atoms with Gasteiger partial charge in [-0.15, -0.1) is 0 Å². The Balaban J connectivity index is 2.79. The van der Waals surface area contributed by atoms with Gasteiger partial charge in [0.05, 0.1) is 0 Å². The van der Waals surface area contributed by atoms with Crippen LogP contribution in [0.5, 0.6) is 0 Å². The van der Waals surface area contributed by atoms with Gasteiger partial charge in [0.15, 0.2) is 0 Å². The van der Waals surface area contributed by atoms with Crippen molar-refractivity contribution in [2.24, 2.45) is 0 Å². The summed E-state index contributed by atoms with van der Waals surface area (Å²) in [7, 11) is 0. The zero-order valence-corrected chi connectivity index (χ0v) is 12.5. The van der Waals surface area contributed by atoms with Gasteiger partial charge < -0.3 is 10.2 Å². The fraction of sp³-hybridized carbons (Fsp3) is 0.625. The largest absolute Gasteiger partial charge is 0.309 e. The number of hydrogen-bond donors (Lipinski definition) is 1. The number of nitrogens with one attached hydrogen (secondary N) is 1. The normalized spacial score (nSPS) is 12.9. The van der Waals surface area contributed by atoms with Crippen LogP contribution in [0, 0.1) is 5.82 Å². The average Bonchev–Trinajstić information content (AvgIpc) is 2.43. The predicted octanol–water partition coefficient (Wildman–Crippen LogP) is 3.60. The quantitative estimate of drug-likeness (QED) is 0.734. The van der Waals surface area contributed by atoms with Crippen LogP contribution in [0.2, 0.25) is 0 Å². The summed E-state index contributed by atoms with van der Waals surface area (Å²) < 4.78 is 13.9. The van der Waals surface area contributed by atoms with E-state index in [0.29, 0.717) is 0 Å². The van der Waals surface area contributed by atoms with Crippen molar-refractivity contribution in [3.8, 4) is 0 Å². The highest BCUT2D eigenvalue weighted by Crippen LogP contribution is 2.18. The van der Waals surface area contributed by atoms with Gasteiger partial charge in [-0.05, 0) is 38.5 Å². The summed E-state index contributed by atoms with van der Waals surface area (Å²) in [6, 6.07) is 7.18. The first-order valence-corrected chi connectivity index (χ1v) is 7.43. The molecule has 1 unspecified atom stereocenters. The summed E-state index contributed by atoms with van der Waals surface area (Å²) in [6.45, 7) is 10.3. The number of rotatable bonds is 9. The van der Waals surface area contributed by atoms with Crippen LogP contribution in [-0.2, 0) is 0 Å². The Morgan fingerprint density at radius 2 is 1.89 bits per heavy atom. The average molecular weight is 266 g/mol. The molecular formula is C16H27FN2. The van der Waals surface area contributed by atoms with Crippen molar-refractivity contribution < 1.29 is 4.39 Å². The molecule has 0 saturated heterocycles. The molecule has 1 N–H and O–H groups in total. The second-order valence-electron chi connectivity index (χ2n) is 4.92. The van der Waals surface area contributed by atoms with Crippen LogP contribution in [0.1, 0.15) is 45.2 Å². The van der Waals surface area contributed by atoms with Crippen LogP contribution < -0.4 is 5.32 Å². The maximum Gasteiger partial charge on any atom is 0.128 e. The Labute approximate surface area is 117 Å². The van der Waals surface area contributed by atoms with Gasteiger partial charge in [-0.2, -0.15) is 0 Å². The van der Waals surface area contributed by atoms with Gasteiger partial charge in [-0.25, -0.2) is 4.39 Å². The van der Waals surface area contributed by atoms with Crippen molar-refractivity contribution in [2.45, 2.75) is 39.7 Å². The smallest absolute Gasteiger partial charge is 0.128 e. The molecule has 1 rings (SSSR count). The van der Waals surface area contributed by atoms with Crippen LogP contribution in [0.25, 0.3) is 0 Å². The molecule has 0 fully saturated rings. The molecule has 0 spiro atoms. The van der Waals surface area contributed by atoms with Crippen molar-refractivity contribution >= 4 is 0 Å².